The highest BCUT2D eigenvalue weighted by Gasteiger charge is 2.28. The highest BCUT2D eigenvalue weighted by atomic mass is 35.5. The van der Waals surface area contributed by atoms with Crippen LogP contribution >= 0.6 is 23.7 Å². The summed E-state index contributed by atoms with van der Waals surface area (Å²) in [4.78, 5) is 28.0. The van der Waals surface area contributed by atoms with Gasteiger partial charge in [-0.15, -0.1) is 12.4 Å². The molecule has 0 radical (unpaired) electrons. The highest BCUT2D eigenvalue weighted by molar-refractivity contribution is 7.08. The van der Waals surface area contributed by atoms with Crippen LogP contribution in [0.5, 0.6) is 0 Å². The van der Waals surface area contributed by atoms with E-state index in [1.54, 1.807) is 0 Å². The number of rotatable bonds is 3. The SMILES string of the molecule is CC(N)C(C)C(=O)N1CCN(C(=O)c2ccsc2)CC1.Cl. The monoisotopic (exact) mass is 331 g/mol. The van der Waals surface area contributed by atoms with Gasteiger partial charge in [-0.05, 0) is 18.4 Å². The lowest BCUT2D eigenvalue weighted by Gasteiger charge is -2.36. The molecule has 2 heterocycles. The molecule has 1 fully saturated rings. The first-order chi connectivity index (χ1) is 9.50. The van der Waals surface area contributed by atoms with Gasteiger partial charge >= 0.3 is 0 Å². The van der Waals surface area contributed by atoms with Gasteiger partial charge in [0.1, 0.15) is 0 Å². The zero-order valence-electron chi connectivity index (χ0n) is 12.3. The first kappa shape index (κ1) is 17.9. The molecule has 0 bridgehead atoms. The number of nitrogens with zero attached hydrogens (tertiary/aromatic N) is 2. The third kappa shape index (κ3) is 4.18. The van der Waals surface area contributed by atoms with Gasteiger partial charge in [-0.25, -0.2) is 0 Å². The minimum Gasteiger partial charge on any atom is -0.339 e. The summed E-state index contributed by atoms with van der Waals surface area (Å²) >= 11 is 1.52. The maximum Gasteiger partial charge on any atom is 0.254 e. The number of hydrogen-bond donors (Lipinski definition) is 1. The minimum atomic E-state index is -0.172. The molecule has 1 aliphatic heterocycles. The van der Waals surface area contributed by atoms with E-state index in [1.165, 1.54) is 11.3 Å². The number of nitrogens with two attached hydrogens (primary N) is 1. The van der Waals surface area contributed by atoms with Gasteiger partial charge in [-0.2, -0.15) is 11.3 Å². The molecule has 1 aliphatic rings. The average molecular weight is 332 g/mol. The van der Waals surface area contributed by atoms with Crippen LogP contribution in [0.2, 0.25) is 0 Å². The molecule has 118 valence electrons. The number of carbonyl (C=O) groups is 2. The number of halogens is 1. The van der Waals surface area contributed by atoms with Crippen LogP contribution in [0.3, 0.4) is 0 Å². The molecule has 21 heavy (non-hydrogen) atoms. The summed E-state index contributed by atoms with van der Waals surface area (Å²) in [7, 11) is 0. The fraction of sp³-hybridized carbons (Fsp3) is 0.571. The predicted molar refractivity (Wildman–Crippen MR) is 86.9 cm³/mol. The molecule has 1 saturated heterocycles. The van der Waals surface area contributed by atoms with Crippen molar-refractivity contribution in [3.8, 4) is 0 Å². The lowest BCUT2D eigenvalue weighted by atomic mass is 10.0. The van der Waals surface area contributed by atoms with Crippen LogP contribution in [0.15, 0.2) is 16.8 Å². The van der Waals surface area contributed by atoms with Gasteiger partial charge in [0.15, 0.2) is 0 Å². The van der Waals surface area contributed by atoms with Crippen molar-refractivity contribution >= 4 is 35.6 Å². The maximum atomic E-state index is 12.2. The van der Waals surface area contributed by atoms with Gasteiger partial charge in [0, 0.05) is 37.6 Å². The van der Waals surface area contributed by atoms with Crippen molar-refractivity contribution in [2.24, 2.45) is 11.7 Å². The number of thiophene rings is 1. The van der Waals surface area contributed by atoms with Crippen LogP contribution in [0.25, 0.3) is 0 Å². The lowest BCUT2D eigenvalue weighted by molar-refractivity contribution is -0.137. The zero-order chi connectivity index (χ0) is 14.7. The Kier molecular flexibility index (Phi) is 6.64. The minimum absolute atomic E-state index is 0. The van der Waals surface area contributed by atoms with Gasteiger partial charge in [0.05, 0.1) is 11.5 Å². The fourth-order valence-electron chi connectivity index (χ4n) is 2.21. The van der Waals surface area contributed by atoms with Gasteiger partial charge < -0.3 is 15.5 Å². The number of piperazine rings is 1. The average Bonchev–Trinajstić information content (AvgIpc) is 2.99. The maximum absolute atomic E-state index is 12.2. The number of hydrogen-bond acceptors (Lipinski definition) is 4. The fourth-order valence-corrected chi connectivity index (χ4v) is 2.84. The molecular formula is C14H22ClN3O2S. The summed E-state index contributed by atoms with van der Waals surface area (Å²) in [6.45, 7) is 6.06. The molecule has 1 aromatic heterocycles. The Morgan fingerprint density at radius 2 is 1.76 bits per heavy atom. The van der Waals surface area contributed by atoms with Crippen molar-refractivity contribution in [2.45, 2.75) is 19.9 Å². The summed E-state index contributed by atoms with van der Waals surface area (Å²) in [6, 6.07) is 1.69. The van der Waals surface area contributed by atoms with Gasteiger partial charge in [0.25, 0.3) is 5.91 Å². The van der Waals surface area contributed by atoms with Crippen molar-refractivity contribution in [3.63, 3.8) is 0 Å². The van der Waals surface area contributed by atoms with Crippen LogP contribution < -0.4 is 5.73 Å². The normalized spacial score (nSPS) is 17.9. The second-order valence-electron chi connectivity index (χ2n) is 5.28. The molecule has 0 aliphatic carbocycles. The quantitative estimate of drug-likeness (QED) is 0.911. The summed E-state index contributed by atoms with van der Waals surface area (Å²) in [5.41, 5.74) is 6.51. The third-order valence-corrected chi connectivity index (χ3v) is 4.51. The topological polar surface area (TPSA) is 66.6 Å². The summed E-state index contributed by atoms with van der Waals surface area (Å²) in [5, 5.41) is 3.76. The molecule has 2 atom stereocenters. The molecule has 7 heteroatoms. The van der Waals surface area contributed by atoms with Crippen molar-refractivity contribution in [1.82, 2.24) is 9.80 Å². The van der Waals surface area contributed by atoms with E-state index in [1.807, 2.05) is 40.5 Å². The molecule has 0 saturated carbocycles. The largest absolute Gasteiger partial charge is 0.339 e. The Morgan fingerprint density at radius 3 is 2.24 bits per heavy atom. The molecule has 0 spiro atoms. The third-order valence-electron chi connectivity index (χ3n) is 3.82. The lowest BCUT2D eigenvalue weighted by Crippen LogP contribution is -2.53. The van der Waals surface area contributed by atoms with Crippen molar-refractivity contribution < 1.29 is 9.59 Å². The molecule has 2 unspecified atom stereocenters. The van der Waals surface area contributed by atoms with Gasteiger partial charge in [-0.1, -0.05) is 6.92 Å². The Balaban J connectivity index is 0.00000220. The summed E-state index contributed by atoms with van der Waals surface area (Å²) in [6.07, 6.45) is 0. The zero-order valence-corrected chi connectivity index (χ0v) is 14.0. The van der Waals surface area contributed by atoms with Gasteiger partial charge in [-0.3, -0.25) is 9.59 Å². The first-order valence-corrected chi connectivity index (χ1v) is 7.81. The number of carbonyl (C=O) groups excluding carboxylic acids is 2. The van der Waals surface area contributed by atoms with Crippen LogP contribution in [-0.4, -0.2) is 53.8 Å². The van der Waals surface area contributed by atoms with Crippen molar-refractivity contribution in [2.75, 3.05) is 26.2 Å². The van der Waals surface area contributed by atoms with Crippen molar-refractivity contribution in [1.29, 1.82) is 0 Å². The van der Waals surface area contributed by atoms with Crippen molar-refractivity contribution in [3.05, 3.63) is 22.4 Å². The smallest absolute Gasteiger partial charge is 0.254 e. The highest BCUT2D eigenvalue weighted by Crippen LogP contribution is 2.14. The predicted octanol–water partition coefficient (Wildman–Crippen LogP) is 1.44. The van der Waals surface area contributed by atoms with E-state index in [0.29, 0.717) is 26.2 Å². The second kappa shape index (κ2) is 7.77. The van der Waals surface area contributed by atoms with E-state index in [-0.39, 0.29) is 36.2 Å². The standard InChI is InChI=1S/C14H21N3O2S.ClH/c1-10(11(2)15)13(18)16-4-6-17(7-5-16)14(19)12-3-8-20-9-12;/h3,8-11H,4-7,15H2,1-2H3;1H. The molecule has 5 nitrogen and oxygen atoms in total. The van der Waals surface area contributed by atoms with Crippen LogP contribution in [-0.2, 0) is 4.79 Å². The molecule has 2 N–H and O–H groups in total. The van der Waals surface area contributed by atoms with Crippen LogP contribution in [0, 0.1) is 5.92 Å². The van der Waals surface area contributed by atoms with Crippen LogP contribution in [0.4, 0.5) is 0 Å². The van der Waals surface area contributed by atoms with E-state index in [0.717, 1.165) is 5.56 Å². The van der Waals surface area contributed by atoms with E-state index >= 15 is 0 Å². The summed E-state index contributed by atoms with van der Waals surface area (Å²) in [5.74, 6) is -0.0321. The molecule has 0 aromatic carbocycles. The van der Waals surface area contributed by atoms with Gasteiger partial charge in [0.2, 0.25) is 5.91 Å². The molecule has 2 rings (SSSR count). The Labute approximate surface area is 135 Å². The van der Waals surface area contributed by atoms with E-state index in [2.05, 4.69) is 0 Å². The number of amides is 2. The van der Waals surface area contributed by atoms with Crippen LogP contribution in [0.1, 0.15) is 24.2 Å². The van der Waals surface area contributed by atoms with E-state index < -0.39 is 0 Å². The second-order valence-corrected chi connectivity index (χ2v) is 6.06. The molecule has 1 aromatic rings. The Hall–Kier alpha value is -1.11. The summed E-state index contributed by atoms with van der Waals surface area (Å²) < 4.78 is 0. The first-order valence-electron chi connectivity index (χ1n) is 6.86. The Bertz CT molecular complexity index is 471. The molecular weight excluding hydrogens is 310 g/mol. The molecule has 2 amide bonds. The van der Waals surface area contributed by atoms with E-state index in [4.69, 9.17) is 5.73 Å². The van der Waals surface area contributed by atoms with E-state index in [9.17, 15) is 9.59 Å². The Morgan fingerprint density at radius 1 is 1.19 bits per heavy atom.